The number of alkyl halides is 3. The first kappa shape index (κ1) is 14.3. The molecule has 0 aromatic rings. The van der Waals surface area contributed by atoms with Crippen LogP contribution in [0.2, 0.25) is 0 Å². The van der Waals surface area contributed by atoms with Gasteiger partial charge in [-0.3, -0.25) is 4.79 Å². The average molecular weight is 226 g/mol. The molecular weight excluding hydrogens is 209 g/mol. The molecule has 15 heavy (non-hydrogen) atoms. The molecule has 0 saturated heterocycles. The molecular formula is C10H17F3O2. The number of hydrogen-bond acceptors (Lipinski definition) is 2. The highest BCUT2D eigenvalue weighted by Gasteiger charge is 2.39. The maximum atomic E-state index is 12.1. The van der Waals surface area contributed by atoms with Gasteiger partial charge in [-0.05, 0) is 19.3 Å². The lowest BCUT2D eigenvalue weighted by Crippen LogP contribution is -2.33. The first-order valence-electron chi connectivity index (χ1n) is 4.91. The van der Waals surface area contributed by atoms with Crippen LogP contribution < -0.4 is 0 Å². The van der Waals surface area contributed by atoms with Gasteiger partial charge in [-0.25, -0.2) is 0 Å². The van der Waals surface area contributed by atoms with E-state index in [1.54, 1.807) is 6.92 Å². The predicted molar refractivity (Wildman–Crippen MR) is 50.2 cm³/mol. The van der Waals surface area contributed by atoms with Crippen LogP contribution >= 0.6 is 0 Å². The quantitative estimate of drug-likeness (QED) is 0.688. The Morgan fingerprint density at radius 3 is 2.00 bits per heavy atom. The van der Waals surface area contributed by atoms with Crippen molar-refractivity contribution in [3.63, 3.8) is 0 Å². The molecule has 0 saturated carbocycles. The third-order valence-corrected chi connectivity index (χ3v) is 1.98. The molecule has 0 aliphatic carbocycles. The van der Waals surface area contributed by atoms with Crippen LogP contribution in [-0.2, 0) is 9.53 Å². The second-order valence-corrected chi connectivity index (χ2v) is 4.15. The first-order valence-corrected chi connectivity index (χ1v) is 4.91. The Morgan fingerprint density at radius 1 is 1.20 bits per heavy atom. The van der Waals surface area contributed by atoms with Crippen LogP contribution in [0, 0.1) is 11.8 Å². The van der Waals surface area contributed by atoms with E-state index in [4.69, 9.17) is 0 Å². The van der Waals surface area contributed by atoms with Gasteiger partial charge < -0.3 is 4.74 Å². The third kappa shape index (κ3) is 5.64. The van der Waals surface area contributed by atoms with Crippen LogP contribution in [0.3, 0.4) is 0 Å². The smallest absolute Gasteiger partial charge is 0.425 e. The molecule has 5 heteroatoms. The summed E-state index contributed by atoms with van der Waals surface area (Å²) in [6.45, 7) is 6.21. The molecule has 0 aromatic heterocycles. The number of carbonyl (C=O) groups is 1. The van der Waals surface area contributed by atoms with Gasteiger partial charge in [0.15, 0.2) is 6.10 Å². The van der Waals surface area contributed by atoms with Gasteiger partial charge in [0.1, 0.15) is 0 Å². The molecule has 2 nitrogen and oxygen atoms in total. The number of rotatable bonds is 4. The molecule has 0 heterocycles. The first-order chi connectivity index (χ1) is 6.64. The molecule has 2 atom stereocenters. The summed E-state index contributed by atoms with van der Waals surface area (Å²) in [6, 6.07) is 0. The highest BCUT2D eigenvalue weighted by atomic mass is 19.4. The van der Waals surface area contributed by atoms with E-state index in [0.29, 0.717) is 6.42 Å². The number of halogens is 3. The zero-order chi connectivity index (χ0) is 12.2. The summed E-state index contributed by atoms with van der Waals surface area (Å²) in [4.78, 5) is 11.2. The lowest BCUT2D eigenvalue weighted by atomic mass is 9.99. The molecule has 0 aliphatic heterocycles. The zero-order valence-electron chi connectivity index (χ0n) is 9.39. The Bertz CT molecular complexity index is 211. The molecule has 90 valence electrons. The third-order valence-electron chi connectivity index (χ3n) is 1.98. The molecule has 0 aromatic carbocycles. The summed E-state index contributed by atoms with van der Waals surface area (Å²) in [5.41, 5.74) is 0. The Morgan fingerprint density at radius 2 is 1.67 bits per heavy atom. The van der Waals surface area contributed by atoms with Crippen molar-refractivity contribution >= 4 is 5.97 Å². The van der Waals surface area contributed by atoms with Crippen LogP contribution in [-0.4, -0.2) is 18.2 Å². The standard InChI is InChI=1S/C10H17F3O2/c1-6(2)5-7(3)9(14)15-8(4)10(11,12)13/h6-8H,5H2,1-4H3. The van der Waals surface area contributed by atoms with Crippen molar-refractivity contribution in [2.75, 3.05) is 0 Å². The summed E-state index contributed by atoms with van der Waals surface area (Å²) < 4.78 is 40.5. The van der Waals surface area contributed by atoms with E-state index in [1.165, 1.54) is 0 Å². The van der Waals surface area contributed by atoms with Gasteiger partial charge in [0.25, 0.3) is 0 Å². The van der Waals surface area contributed by atoms with E-state index in [1.807, 2.05) is 13.8 Å². The van der Waals surface area contributed by atoms with Gasteiger partial charge in [0, 0.05) is 0 Å². The molecule has 0 N–H and O–H groups in total. The second kappa shape index (κ2) is 5.37. The minimum absolute atomic E-state index is 0.258. The summed E-state index contributed by atoms with van der Waals surface area (Å²) >= 11 is 0. The molecule has 0 radical (unpaired) electrons. The fourth-order valence-electron chi connectivity index (χ4n) is 1.16. The Balaban J connectivity index is 4.14. The van der Waals surface area contributed by atoms with E-state index in [9.17, 15) is 18.0 Å². The topological polar surface area (TPSA) is 26.3 Å². The summed E-state index contributed by atoms with van der Waals surface area (Å²) in [7, 11) is 0. The minimum Gasteiger partial charge on any atom is -0.453 e. The number of hydrogen-bond donors (Lipinski definition) is 0. The Kier molecular flexibility index (Phi) is 5.11. The SMILES string of the molecule is CC(C)CC(C)C(=O)OC(C)C(F)(F)F. The van der Waals surface area contributed by atoms with Crippen LogP contribution in [0.4, 0.5) is 13.2 Å². The largest absolute Gasteiger partial charge is 0.453 e. The highest BCUT2D eigenvalue weighted by molar-refractivity contribution is 5.72. The van der Waals surface area contributed by atoms with Crippen LogP contribution in [0.1, 0.15) is 34.1 Å². The molecule has 0 aliphatic rings. The number of ether oxygens (including phenoxy) is 1. The molecule has 0 rings (SSSR count). The Hall–Kier alpha value is -0.740. The van der Waals surface area contributed by atoms with Gasteiger partial charge >= 0.3 is 12.1 Å². The van der Waals surface area contributed by atoms with Gasteiger partial charge in [-0.2, -0.15) is 13.2 Å². The van der Waals surface area contributed by atoms with Crippen molar-refractivity contribution in [3.8, 4) is 0 Å². The number of carbonyl (C=O) groups excluding carboxylic acids is 1. The summed E-state index contributed by atoms with van der Waals surface area (Å²) in [5.74, 6) is -1.02. The van der Waals surface area contributed by atoms with Crippen molar-refractivity contribution < 1.29 is 22.7 Å². The normalized spacial score (nSPS) is 16.3. The second-order valence-electron chi connectivity index (χ2n) is 4.15. The van der Waals surface area contributed by atoms with Crippen LogP contribution in [0.25, 0.3) is 0 Å². The van der Waals surface area contributed by atoms with E-state index < -0.39 is 24.2 Å². The van der Waals surface area contributed by atoms with Crippen molar-refractivity contribution in [2.45, 2.75) is 46.4 Å². The van der Waals surface area contributed by atoms with Gasteiger partial charge in [-0.1, -0.05) is 20.8 Å². The fourth-order valence-corrected chi connectivity index (χ4v) is 1.16. The number of esters is 1. The minimum atomic E-state index is -4.48. The molecule has 0 spiro atoms. The van der Waals surface area contributed by atoms with E-state index in [2.05, 4.69) is 4.74 Å². The van der Waals surface area contributed by atoms with Gasteiger partial charge in [0.2, 0.25) is 0 Å². The predicted octanol–water partition coefficient (Wildman–Crippen LogP) is 3.16. The van der Waals surface area contributed by atoms with Crippen LogP contribution in [0.15, 0.2) is 0 Å². The van der Waals surface area contributed by atoms with Crippen molar-refractivity contribution in [2.24, 2.45) is 11.8 Å². The molecule has 0 bridgehead atoms. The molecule has 2 unspecified atom stereocenters. The lowest BCUT2D eigenvalue weighted by molar-refractivity contribution is -0.218. The van der Waals surface area contributed by atoms with E-state index in [-0.39, 0.29) is 5.92 Å². The lowest BCUT2D eigenvalue weighted by Gasteiger charge is -2.19. The molecule has 0 fully saturated rings. The zero-order valence-corrected chi connectivity index (χ0v) is 9.39. The average Bonchev–Trinajstić information content (AvgIpc) is 2.00. The monoisotopic (exact) mass is 226 g/mol. The maximum Gasteiger partial charge on any atom is 0.425 e. The van der Waals surface area contributed by atoms with Gasteiger partial charge in [-0.15, -0.1) is 0 Å². The van der Waals surface area contributed by atoms with E-state index in [0.717, 1.165) is 6.92 Å². The van der Waals surface area contributed by atoms with Crippen molar-refractivity contribution in [1.29, 1.82) is 0 Å². The van der Waals surface area contributed by atoms with Gasteiger partial charge in [0.05, 0.1) is 5.92 Å². The fraction of sp³-hybridized carbons (Fsp3) is 0.900. The van der Waals surface area contributed by atoms with Crippen molar-refractivity contribution in [3.05, 3.63) is 0 Å². The van der Waals surface area contributed by atoms with E-state index >= 15 is 0 Å². The van der Waals surface area contributed by atoms with Crippen LogP contribution in [0.5, 0.6) is 0 Å². The summed E-state index contributed by atoms with van der Waals surface area (Å²) in [5, 5.41) is 0. The maximum absolute atomic E-state index is 12.1. The Labute approximate surface area is 87.8 Å². The summed E-state index contributed by atoms with van der Waals surface area (Å²) in [6.07, 6.45) is -5.98. The molecule has 0 amide bonds. The van der Waals surface area contributed by atoms with Crippen molar-refractivity contribution in [1.82, 2.24) is 0 Å². The highest BCUT2D eigenvalue weighted by Crippen LogP contribution is 2.24.